The van der Waals surface area contributed by atoms with Crippen molar-refractivity contribution >= 4 is 28.9 Å². The van der Waals surface area contributed by atoms with Crippen molar-refractivity contribution < 1.29 is 14.4 Å². The zero-order chi connectivity index (χ0) is 15.4. The van der Waals surface area contributed by atoms with E-state index in [1.165, 1.54) is 31.4 Å². The lowest BCUT2D eigenvalue weighted by molar-refractivity contribution is -0.384. The smallest absolute Gasteiger partial charge is 0.271 e. The molecule has 2 rings (SSSR count). The molecule has 0 aliphatic carbocycles. The predicted octanol–water partition coefficient (Wildman–Crippen LogP) is 3.63. The van der Waals surface area contributed by atoms with E-state index >= 15 is 0 Å². The zero-order valence-corrected chi connectivity index (χ0v) is 12.3. The standard InChI is InChI=1S/C12H9Cl2N3O4/c1-20-6-11-15-10(14)5-12(16-11)21-9-3-2-7(17(18)19)4-8(9)13/h2-5H,6H2,1H3. The Bertz CT molecular complexity index is 682. The summed E-state index contributed by atoms with van der Waals surface area (Å²) in [7, 11) is 1.50. The lowest BCUT2D eigenvalue weighted by Gasteiger charge is -2.08. The third-order valence-corrected chi connectivity index (χ3v) is 2.82. The maximum Gasteiger partial charge on any atom is 0.271 e. The molecule has 0 spiro atoms. The molecule has 0 N–H and O–H groups in total. The van der Waals surface area contributed by atoms with Crippen molar-refractivity contribution in [2.75, 3.05) is 7.11 Å². The average Bonchev–Trinajstić information content (AvgIpc) is 2.40. The minimum Gasteiger partial charge on any atom is -0.437 e. The van der Waals surface area contributed by atoms with Crippen LogP contribution in [-0.2, 0) is 11.3 Å². The number of rotatable bonds is 5. The molecule has 0 aliphatic heterocycles. The fourth-order valence-corrected chi connectivity index (χ4v) is 1.89. The highest BCUT2D eigenvalue weighted by Gasteiger charge is 2.12. The van der Waals surface area contributed by atoms with Gasteiger partial charge in [0.15, 0.2) is 5.82 Å². The summed E-state index contributed by atoms with van der Waals surface area (Å²) in [5.41, 5.74) is -0.131. The van der Waals surface area contributed by atoms with Gasteiger partial charge in [-0.2, -0.15) is 4.98 Å². The fourth-order valence-electron chi connectivity index (χ4n) is 1.49. The highest BCUT2D eigenvalue weighted by Crippen LogP contribution is 2.32. The molecule has 0 bridgehead atoms. The molecule has 1 aromatic carbocycles. The number of nitro benzene ring substituents is 1. The van der Waals surface area contributed by atoms with Crippen molar-refractivity contribution in [3.8, 4) is 11.6 Å². The zero-order valence-electron chi connectivity index (χ0n) is 10.7. The third kappa shape index (κ3) is 4.01. The van der Waals surface area contributed by atoms with E-state index in [2.05, 4.69) is 9.97 Å². The SMILES string of the molecule is COCc1nc(Cl)cc(Oc2ccc([N+](=O)[O-])cc2Cl)n1. The van der Waals surface area contributed by atoms with Gasteiger partial charge in [0.05, 0.1) is 9.95 Å². The summed E-state index contributed by atoms with van der Waals surface area (Å²) >= 11 is 11.8. The van der Waals surface area contributed by atoms with Crippen molar-refractivity contribution in [1.82, 2.24) is 9.97 Å². The average molecular weight is 330 g/mol. The van der Waals surface area contributed by atoms with Crippen molar-refractivity contribution in [3.63, 3.8) is 0 Å². The quantitative estimate of drug-likeness (QED) is 0.473. The van der Waals surface area contributed by atoms with E-state index in [-0.39, 0.29) is 34.1 Å². The van der Waals surface area contributed by atoms with Crippen LogP contribution in [0.2, 0.25) is 10.2 Å². The molecular formula is C12H9Cl2N3O4. The molecule has 0 fully saturated rings. The maximum atomic E-state index is 10.6. The summed E-state index contributed by atoms with van der Waals surface area (Å²) in [5, 5.41) is 10.9. The van der Waals surface area contributed by atoms with Crippen molar-refractivity contribution in [2.24, 2.45) is 0 Å². The van der Waals surface area contributed by atoms with E-state index in [1.54, 1.807) is 0 Å². The topological polar surface area (TPSA) is 87.4 Å². The van der Waals surface area contributed by atoms with Gasteiger partial charge >= 0.3 is 0 Å². The first-order chi connectivity index (χ1) is 9.99. The van der Waals surface area contributed by atoms with E-state index in [0.29, 0.717) is 5.82 Å². The van der Waals surface area contributed by atoms with Gasteiger partial charge in [-0.15, -0.1) is 0 Å². The number of methoxy groups -OCH3 is 1. The van der Waals surface area contributed by atoms with E-state index in [9.17, 15) is 10.1 Å². The summed E-state index contributed by atoms with van der Waals surface area (Å²) in [6.45, 7) is 0.172. The number of nitrogens with zero attached hydrogens (tertiary/aromatic N) is 3. The Labute approximate surface area is 129 Å². The molecule has 110 valence electrons. The van der Waals surface area contributed by atoms with Crippen LogP contribution in [0.4, 0.5) is 5.69 Å². The molecule has 1 heterocycles. The minimum atomic E-state index is -0.548. The minimum absolute atomic E-state index is 0.0900. The number of benzene rings is 1. The molecule has 0 radical (unpaired) electrons. The van der Waals surface area contributed by atoms with E-state index in [4.69, 9.17) is 32.7 Å². The van der Waals surface area contributed by atoms with Crippen LogP contribution in [0.15, 0.2) is 24.3 Å². The second-order valence-electron chi connectivity index (χ2n) is 3.85. The Morgan fingerprint density at radius 2 is 2.05 bits per heavy atom. The largest absolute Gasteiger partial charge is 0.437 e. The molecule has 2 aromatic rings. The van der Waals surface area contributed by atoms with Crippen LogP contribution in [-0.4, -0.2) is 22.0 Å². The molecule has 0 atom stereocenters. The molecule has 0 saturated carbocycles. The van der Waals surface area contributed by atoms with E-state index in [1.807, 2.05) is 0 Å². The van der Waals surface area contributed by atoms with Gasteiger partial charge in [0.1, 0.15) is 17.5 Å². The van der Waals surface area contributed by atoms with Crippen LogP contribution in [0.3, 0.4) is 0 Å². The molecule has 0 saturated heterocycles. The van der Waals surface area contributed by atoms with Gasteiger partial charge in [-0.3, -0.25) is 10.1 Å². The van der Waals surface area contributed by atoms with Crippen LogP contribution >= 0.6 is 23.2 Å². The number of hydrogen-bond donors (Lipinski definition) is 0. The summed E-state index contributed by atoms with van der Waals surface area (Å²) in [4.78, 5) is 18.1. The number of aromatic nitrogens is 2. The normalized spacial score (nSPS) is 10.4. The first-order valence-electron chi connectivity index (χ1n) is 5.64. The molecule has 1 aromatic heterocycles. The van der Waals surface area contributed by atoms with Crippen molar-refractivity contribution in [1.29, 1.82) is 0 Å². The Morgan fingerprint density at radius 3 is 2.67 bits per heavy atom. The fraction of sp³-hybridized carbons (Fsp3) is 0.167. The summed E-state index contributed by atoms with van der Waals surface area (Å²) in [6.07, 6.45) is 0. The van der Waals surface area contributed by atoms with Gasteiger partial charge in [-0.1, -0.05) is 23.2 Å². The summed E-state index contributed by atoms with van der Waals surface area (Å²) in [6, 6.07) is 5.25. The van der Waals surface area contributed by atoms with Gasteiger partial charge in [-0.25, -0.2) is 4.98 Å². The predicted molar refractivity (Wildman–Crippen MR) is 75.9 cm³/mol. The van der Waals surface area contributed by atoms with Crippen LogP contribution in [0.5, 0.6) is 11.6 Å². The Kier molecular flexibility index (Phi) is 4.89. The monoisotopic (exact) mass is 329 g/mol. The Hall–Kier alpha value is -1.96. The van der Waals surface area contributed by atoms with E-state index in [0.717, 1.165) is 0 Å². The second-order valence-corrected chi connectivity index (χ2v) is 4.65. The maximum absolute atomic E-state index is 10.6. The Balaban J connectivity index is 2.27. The van der Waals surface area contributed by atoms with Gasteiger partial charge in [-0.05, 0) is 6.07 Å². The van der Waals surface area contributed by atoms with Crippen LogP contribution in [0.1, 0.15) is 5.82 Å². The summed E-state index contributed by atoms with van der Waals surface area (Å²) < 4.78 is 10.4. The lowest BCUT2D eigenvalue weighted by Crippen LogP contribution is -1.99. The van der Waals surface area contributed by atoms with Gasteiger partial charge in [0, 0.05) is 25.3 Å². The lowest BCUT2D eigenvalue weighted by atomic mass is 10.3. The molecule has 0 amide bonds. The number of non-ortho nitro benzene ring substituents is 1. The molecule has 9 heteroatoms. The van der Waals surface area contributed by atoms with Gasteiger partial charge in [0.25, 0.3) is 5.69 Å². The van der Waals surface area contributed by atoms with Crippen LogP contribution < -0.4 is 4.74 Å². The highest BCUT2D eigenvalue weighted by molar-refractivity contribution is 6.32. The molecule has 21 heavy (non-hydrogen) atoms. The summed E-state index contributed by atoms with van der Waals surface area (Å²) in [5.74, 6) is 0.733. The number of ether oxygens (including phenoxy) is 2. The first kappa shape index (κ1) is 15.4. The van der Waals surface area contributed by atoms with Crippen LogP contribution in [0.25, 0.3) is 0 Å². The highest BCUT2D eigenvalue weighted by atomic mass is 35.5. The van der Waals surface area contributed by atoms with Gasteiger partial charge < -0.3 is 9.47 Å². The van der Waals surface area contributed by atoms with E-state index < -0.39 is 4.92 Å². The molecule has 0 aliphatic rings. The van der Waals surface area contributed by atoms with Crippen molar-refractivity contribution in [2.45, 2.75) is 6.61 Å². The Morgan fingerprint density at radius 1 is 1.29 bits per heavy atom. The number of nitro groups is 1. The first-order valence-corrected chi connectivity index (χ1v) is 6.39. The number of hydrogen-bond acceptors (Lipinski definition) is 6. The van der Waals surface area contributed by atoms with Crippen LogP contribution in [0, 0.1) is 10.1 Å². The second kappa shape index (κ2) is 6.66. The third-order valence-electron chi connectivity index (χ3n) is 2.33. The molecule has 7 nitrogen and oxygen atoms in total. The molecular weight excluding hydrogens is 321 g/mol. The molecule has 0 unspecified atom stereocenters. The van der Waals surface area contributed by atoms with Gasteiger partial charge in [0.2, 0.25) is 5.88 Å². The number of halogens is 2. The van der Waals surface area contributed by atoms with Crippen molar-refractivity contribution in [3.05, 3.63) is 50.4 Å².